The zero-order valence-electron chi connectivity index (χ0n) is 32.9. The monoisotopic (exact) mass is 817 g/mol. The third-order valence-corrected chi connectivity index (χ3v) is 14.9. The number of rotatable bonds is 12. The van der Waals surface area contributed by atoms with E-state index in [1.807, 2.05) is 87.6 Å². The fourth-order valence-corrected chi connectivity index (χ4v) is 10.3. The summed E-state index contributed by atoms with van der Waals surface area (Å²) in [5.74, 6) is 2.51. The Morgan fingerprint density at radius 1 is 0.964 bits per heavy atom. The molecule has 7 rings (SSSR count). The molecular formula is C44H52ClN3O6S2. The molecule has 1 spiro atoms. The first-order chi connectivity index (χ1) is 26.8. The Balaban J connectivity index is 1.26. The molecule has 12 heteroatoms. The van der Waals surface area contributed by atoms with Gasteiger partial charge in [0.05, 0.1) is 37.6 Å². The van der Waals surface area contributed by atoms with Gasteiger partial charge in [0.25, 0.3) is 0 Å². The summed E-state index contributed by atoms with van der Waals surface area (Å²) in [6.45, 7) is 7.94. The van der Waals surface area contributed by atoms with E-state index < -0.39 is 26.1 Å². The van der Waals surface area contributed by atoms with Crippen LogP contribution in [-0.2, 0) is 46.3 Å². The highest BCUT2D eigenvalue weighted by Crippen LogP contribution is 2.46. The number of hydrogen-bond donors (Lipinski definition) is 0. The molecule has 3 aliphatic rings. The van der Waals surface area contributed by atoms with Crippen molar-refractivity contribution in [2.45, 2.75) is 81.0 Å². The van der Waals surface area contributed by atoms with E-state index in [0.717, 1.165) is 53.9 Å². The number of methoxy groups -OCH3 is 2. The van der Waals surface area contributed by atoms with Crippen molar-refractivity contribution in [2.75, 3.05) is 38.8 Å². The van der Waals surface area contributed by atoms with E-state index in [-0.39, 0.29) is 35.2 Å². The van der Waals surface area contributed by atoms with E-state index in [0.29, 0.717) is 36.9 Å². The van der Waals surface area contributed by atoms with Gasteiger partial charge in [-0.15, -0.1) is 0 Å². The summed E-state index contributed by atoms with van der Waals surface area (Å²) in [7, 11) is -0.808. The Labute approximate surface area is 340 Å². The maximum absolute atomic E-state index is 14.9. The summed E-state index contributed by atoms with van der Waals surface area (Å²) in [6.07, 6.45) is 6.77. The van der Waals surface area contributed by atoms with Crippen molar-refractivity contribution in [2.24, 2.45) is 16.2 Å². The van der Waals surface area contributed by atoms with E-state index in [1.165, 1.54) is 15.4 Å². The van der Waals surface area contributed by atoms with Crippen LogP contribution in [0.25, 0.3) is 0 Å². The highest BCUT2D eigenvalue weighted by atomic mass is 35.5. The number of hydrogen-bond acceptors (Lipinski definition) is 8. The van der Waals surface area contributed by atoms with Gasteiger partial charge in [0.1, 0.15) is 33.4 Å². The zero-order valence-corrected chi connectivity index (χ0v) is 35.3. The van der Waals surface area contributed by atoms with E-state index in [2.05, 4.69) is 21.4 Å². The molecule has 0 N–H and O–H groups in total. The molecule has 298 valence electrons. The number of aryl methyl sites for hydroxylation is 1. The number of benzene rings is 4. The fraction of sp³-hybridized carbons (Fsp3) is 0.432. The Morgan fingerprint density at radius 2 is 1.62 bits per heavy atom. The predicted molar refractivity (Wildman–Crippen MR) is 225 cm³/mol. The van der Waals surface area contributed by atoms with Crippen LogP contribution >= 0.6 is 11.6 Å². The van der Waals surface area contributed by atoms with E-state index >= 15 is 0 Å². The largest absolute Gasteiger partial charge is 0.591 e. The number of sulfonamides is 1. The molecule has 0 saturated heterocycles. The van der Waals surface area contributed by atoms with Crippen LogP contribution in [0.3, 0.4) is 0 Å². The highest BCUT2D eigenvalue weighted by Gasteiger charge is 2.44. The Morgan fingerprint density at radius 3 is 2.21 bits per heavy atom. The first-order valence-electron chi connectivity index (χ1n) is 19.3. The predicted octanol–water partition coefficient (Wildman–Crippen LogP) is 8.78. The molecule has 0 amide bonds. The molecule has 56 heavy (non-hydrogen) atoms. The molecule has 1 fully saturated rings. The number of halogens is 1. The van der Waals surface area contributed by atoms with Crippen molar-refractivity contribution in [3.63, 3.8) is 0 Å². The average molecular weight is 819 g/mol. The lowest BCUT2D eigenvalue weighted by molar-refractivity contribution is 0.201. The van der Waals surface area contributed by atoms with E-state index in [1.54, 1.807) is 26.4 Å². The molecule has 4 aromatic rings. The SMILES string of the molecule is COc1ccc(CN(Cc2ccc(OC)cc2)S(=O)(=O)c2ccc3c(c2)N(C[C@@H]2CC[C@H]2C=N[S+]([O-])C(C)(C)C)C[C@@]2(CCCc4cc(Cl)ccc42)CO3)cc1. The Kier molecular flexibility index (Phi) is 12.0. The molecule has 1 saturated carbocycles. The molecule has 0 radical (unpaired) electrons. The topological polar surface area (TPSA) is 104 Å². The molecule has 1 aliphatic heterocycles. The number of ether oxygens (including phenoxy) is 3. The first-order valence-corrected chi connectivity index (χ1v) is 22.2. The van der Waals surface area contributed by atoms with Crippen LogP contribution in [0.4, 0.5) is 5.69 Å². The van der Waals surface area contributed by atoms with Crippen molar-refractivity contribution in [3.8, 4) is 17.2 Å². The lowest BCUT2D eigenvalue weighted by atomic mass is 9.69. The second kappa shape index (κ2) is 16.6. The van der Waals surface area contributed by atoms with E-state index in [4.69, 9.17) is 25.8 Å². The molecule has 0 bridgehead atoms. The van der Waals surface area contributed by atoms with Crippen molar-refractivity contribution >= 4 is 44.9 Å². The molecule has 1 unspecified atom stereocenters. The zero-order chi connectivity index (χ0) is 39.7. The summed E-state index contributed by atoms with van der Waals surface area (Å²) < 4.78 is 65.6. The minimum atomic E-state index is -4.03. The van der Waals surface area contributed by atoms with Crippen LogP contribution in [0.15, 0.2) is 94.2 Å². The third-order valence-electron chi connectivity index (χ3n) is 11.5. The number of nitrogens with zero attached hydrogens (tertiary/aromatic N) is 3. The molecule has 9 nitrogen and oxygen atoms in total. The average Bonchev–Trinajstić information content (AvgIpc) is 3.33. The Hall–Kier alpha value is -3.74. The van der Waals surface area contributed by atoms with Gasteiger partial charge in [-0.25, -0.2) is 8.42 Å². The third kappa shape index (κ3) is 8.72. The van der Waals surface area contributed by atoms with Gasteiger partial charge >= 0.3 is 0 Å². The lowest BCUT2D eigenvalue weighted by Crippen LogP contribution is -2.48. The summed E-state index contributed by atoms with van der Waals surface area (Å²) in [4.78, 5) is 2.55. The molecule has 1 heterocycles. The summed E-state index contributed by atoms with van der Waals surface area (Å²) in [6, 6.07) is 26.5. The van der Waals surface area contributed by atoms with Gasteiger partial charge in [0.2, 0.25) is 10.0 Å². The molecule has 4 aromatic carbocycles. The number of fused-ring (bicyclic) bond motifs is 3. The van der Waals surface area contributed by atoms with Crippen LogP contribution in [0, 0.1) is 11.8 Å². The standard InChI is InChI=1S/C44H52ClN3O6S2/c1-43(2,3)55(49)46-25-34-12-13-35(34)28-47-29-44(22-6-7-33-23-36(45)14-20-40(33)44)30-54-42-21-19-39(24-41(42)47)56(50,51)48(26-31-8-15-37(52-4)16-9-31)27-32-10-17-38(53-5)18-11-32/h8-11,14-21,23-25,34-35H,6-7,12-13,22,26-30H2,1-5H3/t34-,35-,44-,55?/m0/s1. The van der Waals surface area contributed by atoms with Crippen LogP contribution in [-0.4, -0.2) is 62.2 Å². The van der Waals surface area contributed by atoms with Gasteiger partial charge in [-0.05, 0) is 136 Å². The van der Waals surface area contributed by atoms with Gasteiger partial charge in [-0.3, -0.25) is 0 Å². The molecule has 0 aromatic heterocycles. The van der Waals surface area contributed by atoms with Gasteiger partial charge in [0.15, 0.2) is 0 Å². The second-order valence-corrected chi connectivity index (χ2v) is 20.6. The van der Waals surface area contributed by atoms with Gasteiger partial charge in [-0.2, -0.15) is 4.31 Å². The highest BCUT2D eigenvalue weighted by molar-refractivity contribution is 7.91. The van der Waals surface area contributed by atoms with Crippen LogP contribution in [0.1, 0.15) is 68.7 Å². The van der Waals surface area contributed by atoms with Gasteiger partial charge in [0, 0.05) is 42.5 Å². The van der Waals surface area contributed by atoms with E-state index in [9.17, 15) is 13.0 Å². The summed E-state index contributed by atoms with van der Waals surface area (Å²) in [5.41, 5.74) is 4.62. The molecule has 4 atom stereocenters. The van der Waals surface area contributed by atoms with Gasteiger partial charge < -0.3 is 23.7 Å². The van der Waals surface area contributed by atoms with Gasteiger partial charge in [-0.1, -0.05) is 46.3 Å². The van der Waals surface area contributed by atoms with Crippen molar-refractivity contribution in [3.05, 3.63) is 112 Å². The minimum absolute atomic E-state index is 0.164. The Bertz CT molecular complexity index is 2090. The summed E-state index contributed by atoms with van der Waals surface area (Å²) in [5, 5.41) is 0.725. The smallest absolute Gasteiger partial charge is 0.243 e. The second-order valence-electron chi connectivity index (χ2n) is 16.3. The normalized spacial score (nSPS) is 21.5. The maximum Gasteiger partial charge on any atom is 0.243 e. The van der Waals surface area contributed by atoms with Crippen LogP contribution < -0.4 is 19.1 Å². The van der Waals surface area contributed by atoms with Crippen LogP contribution in [0.5, 0.6) is 17.2 Å². The lowest BCUT2D eigenvalue weighted by Gasteiger charge is -2.43. The first kappa shape index (κ1) is 40.5. The van der Waals surface area contributed by atoms with Crippen molar-refractivity contribution in [1.82, 2.24) is 4.31 Å². The fourth-order valence-electron chi connectivity index (χ4n) is 8.09. The number of anilines is 1. The van der Waals surface area contributed by atoms with Crippen molar-refractivity contribution < 1.29 is 27.2 Å². The van der Waals surface area contributed by atoms with Crippen molar-refractivity contribution in [1.29, 1.82) is 0 Å². The molecular weight excluding hydrogens is 766 g/mol. The quantitative estimate of drug-likeness (QED) is 0.104. The molecule has 2 aliphatic carbocycles. The minimum Gasteiger partial charge on any atom is -0.591 e. The van der Waals surface area contributed by atoms with Crippen LogP contribution in [0.2, 0.25) is 5.02 Å². The summed E-state index contributed by atoms with van der Waals surface area (Å²) >= 11 is 5.16. The maximum atomic E-state index is 14.9.